The normalized spacial score (nSPS) is 10.9. The molecule has 0 spiro atoms. The van der Waals surface area contributed by atoms with E-state index in [1.54, 1.807) is 14.0 Å². The number of fused-ring (bicyclic) bond motifs is 1. The lowest BCUT2D eigenvalue weighted by atomic mass is 10.3. The summed E-state index contributed by atoms with van der Waals surface area (Å²) in [6, 6.07) is 0. The molecule has 0 fully saturated rings. The molecule has 0 amide bonds. The van der Waals surface area contributed by atoms with Crippen LogP contribution in [0.3, 0.4) is 0 Å². The van der Waals surface area contributed by atoms with E-state index in [1.165, 1.54) is 11.5 Å². The van der Waals surface area contributed by atoms with Gasteiger partial charge >= 0.3 is 11.2 Å². The van der Waals surface area contributed by atoms with Gasteiger partial charge in [-0.3, -0.25) is 14.9 Å². The Kier molecular flexibility index (Phi) is 2.00. The smallest absolute Gasteiger partial charge is 0.311 e. The van der Waals surface area contributed by atoms with Gasteiger partial charge in [0.25, 0.3) is 0 Å². The fourth-order valence-corrected chi connectivity index (χ4v) is 1.53. The van der Waals surface area contributed by atoms with Gasteiger partial charge in [0.1, 0.15) is 11.5 Å². The molecule has 0 saturated heterocycles. The van der Waals surface area contributed by atoms with Crippen molar-refractivity contribution in [3.63, 3.8) is 0 Å². The highest BCUT2D eigenvalue weighted by molar-refractivity contribution is 5.41. The molecule has 8 heteroatoms. The third-order valence-corrected chi connectivity index (χ3v) is 2.42. The van der Waals surface area contributed by atoms with Gasteiger partial charge in [0.05, 0.1) is 4.92 Å². The summed E-state index contributed by atoms with van der Waals surface area (Å²) >= 11 is 0. The van der Waals surface area contributed by atoms with Gasteiger partial charge in [0.2, 0.25) is 5.78 Å². The van der Waals surface area contributed by atoms with E-state index in [0.29, 0.717) is 11.6 Å². The second-order valence-electron chi connectivity index (χ2n) is 3.43. The van der Waals surface area contributed by atoms with E-state index in [2.05, 4.69) is 10.1 Å². The molecule has 2 aromatic heterocycles. The van der Waals surface area contributed by atoms with E-state index < -0.39 is 16.2 Å². The van der Waals surface area contributed by atoms with Gasteiger partial charge in [-0.25, -0.2) is 0 Å². The molecule has 2 rings (SSSR count). The summed E-state index contributed by atoms with van der Waals surface area (Å²) in [6.45, 7) is 3.12. The first-order valence-electron chi connectivity index (χ1n) is 4.51. The maximum atomic E-state index is 11.8. The van der Waals surface area contributed by atoms with E-state index >= 15 is 0 Å². The molecular formula is C8H9N5O3. The predicted molar refractivity (Wildman–Crippen MR) is 54.4 cm³/mol. The lowest BCUT2D eigenvalue weighted by Crippen LogP contribution is -2.23. The van der Waals surface area contributed by atoms with Crippen LogP contribution in [0.4, 0.5) is 5.69 Å². The minimum Gasteiger partial charge on any atom is -0.311 e. The molecule has 16 heavy (non-hydrogen) atoms. The molecule has 0 bridgehead atoms. The highest BCUT2D eigenvalue weighted by atomic mass is 16.6. The summed E-state index contributed by atoms with van der Waals surface area (Å²) in [4.78, 5) is 25.9. The van der Waals surface area contributed by atoms with Gasteiger partial charge in [-0.1, -0.05) is 0 Å². The van der Waals surface area contributed by atoms with Crippen molar-refractivity contribution in [1.82, 2.24) is 19.2 Å². The average Bonchev–Trinajstić information content (AvgIpc) is 2.57. The van der Waals surface area contributed by atoms with Gasteiger partial charge in [0.15, 0.2) is 0 Å². The topological polar surface area (TPSA) is 95.3 Å². The second-order valence-corrected chi connectivity index (χ2v) is 3.43. The number of rotatable bonds is 1. The highest BCUT2D eigenvalue weighted by Gasteiger charge is 2.23. The van der Waals surface area contributed by atoms with Gasteiger partial charge in [-0.15, -0.1) is 5.10 Å². The summed E-state index contributed by atoms with van der Waals surface area (Å²) in [7, 11) is 1.60. The Balaban J connectivity index is 3.05. The van der Waals surface area contributed by atoms with E-state index in [-0.39, 0.29) is 5.69 Å². The Bertz CT molecular complexity index is 654. The molecule has 0 aliphatic heterocycles. The van der Waals surface area contributed by atoms with Gasteiger partial charge < -0.3 is 4.57 Å². The fraction of sp³-hybridized carbons (Fsp3) is 0.375. The predicted octanol–water partition coefficient (Wildman–Crippen LogP) is -0.0470. The first kappa shape index (κ1) is 10.3. The van der Waals surface area contributed by atoms with E-state index in [9.17, 15) is 14.9 Å². The van der Waals surface area contributed by atoms with Gasteiger partial charge in [-0.05, 0) is 13.8 Å². The lowest BCUT2D eigenvalue weighted by molar-refractivity contribution is -0.387. The lowest BCUT2D eigenvalue weighted by Gasteiger charge is -2.04. The Morgan fingerprint density at radius 2 is 2.00 bits per heavy atom. The average molecular weight is 223 g/mol. The van der Waals surface area contributed by atoms with Crippen molar-refractivity contribution < 1.29 is 4.92 Å². The number of aromatic nitrogens is 4. The van der Waals surface area contributed by atoms with Crippen molar-refractivity contribution in [3.8, 4) is 0 Å². The van der Waals surface area contributed by atoms with Crippen LogP contribution in [0.15, 0.2) is 4.79 Å². The van der Waals surface area contributed by atoms with Crippen LogP contribution in [0.1, 0.15) is 11.5 Å². The quantitative estimate of drug-likeness (QED) is 0.499. The van der Waals surface area contributed by atoms with Gasteiger partial charge in [-0.2, -0.15) is 9.50 Å². The number of hydrogen-bond donors (Lipinski definition) is 0. The molecule has 2 aromatic rings. The summed E-state index contributed by atoms with van der Waals surface area (Å²) in [5.41, 5.74) is -0.967. The maximum absolute atomic E-state index is 11.8. The van der Waals surface area contributed by atoms with Crippen molar-refractivity contribution in [2.75, 3.05) is 0 Å². The highest BCUT2D eigenvalue weighted by Crippen LogP contribution is 2.12. The minimum atomic E-state index is -0.754. The van der Waals surface area contributed by atoms with Crippen LogP contribution in [0.5, 0.6) is 0 Å². The van der Waals surface area contributed by atoms with E-state index in [0.717, 1.165) is 4.52 Å². The van der Waals surface area contributed by atoms with Crippen molar-refractivity contribution in [1.29, 1.82) is 0 Å². The van der Waals surface area contributed by atoms with E-state index in [1.807, 2.05) is 0 Å². The summed E-state index contributed by atoms with van der Waals surface area (Å²) < 4.78 is 2.42. The summed E-state index contributed by atoms with van der Waals surface area (Å²) in [5, 5.41) is 14.6. The monoisotopic (exact) mass is 223 g/mol. The third kappa shape index (κ3) is 1.19. The van der Waals surface area contributed by atoms with Crippen molar-refractivity contribution in [2.24, 2.45) is 7.05 Å². The molecule has 2 heterocycles. The Hall–Kier alpha value is -2.25. The van der Waals surface area contributed by atoms with Crippen molar-refractivity contribution in [2.45, 2.75) is 13.8 Å². The van der Waals surface area contributed by atoms with Crippen LogP contribution in [-0.2, 0) is 7.05 Å². The number of aryl methyl sites for hydroxylation is 2. The molecule has 84 valence electrons. The molecule has 0 unspecified atom stereocenters. The van der Waals surface area contributed by atoms with Crippen molar-refractivity contribution in [3.05, 3.63) is 32.0 Å². The molecular weight excluding hydrogens is 214 g/mol. The second kappa shape index (κ2) is 3.12. The van der Waals surface area contributed by atoms with Crippen LogP contribution in [0.2, 0.25) is 0 Å². The molecule has 0 atom stereocenters. The third-order valence-electron chi connectivity index (χ3n) is 2.42. The van der Waals surface area contributed by atoms with Crippen LogP contribution in [0, 0.1) is 24.0 Å². The minimum absolute atomic E-state index is 0.259. The van der Waals surface area contributed by atoms with Crippen LogP contribution < -0.4 is 5.56 Å². The molecule has 0 aromatic carbocycles. The maximum Gasteiger partial charge on any atom is 0.355 e. The molecule has 0 N–H and O–H groups in total. The Labute approximate surface area is 89.3 Å². The zero-order valence-electron chi connectivity index (χ0n) is 8.96. The number of nitrogens with zero attached hydrogens (tertiary/aromatic N) is 5. The zero-order valence-corrected chi connectivity index (χ0v) is 8.96. The zero-order chi connectivity index (χ0) is 12.0. The molecule has 0 aliphatic carbocycles. The first-order chi connectivity index (χ1) is 7.43. The van der Waals surface area contributed by atoms with Crippen LogP contribution >= 0.6 is 0 Å². The fourth-order valence-electron chi connectivity index (χ4n) is 1.53. The Morgan fingerprint density at radius 3 is 2.56 bits per heavy atom. The van der Waals surface area contributed by atoms with Crippen LogP contribution in [0.25, 0.3) is 5.78 Å². The van der Waals surface area contributed by atoms with Crippen molar-refractivity contribution >= 4 is 11.5 Å². The SMILES string of the molecule is Cc1nc2n(C)c(C)c([N+](=O)[O-])c(=O)n2n1. The number of nitro groups is 1. The molecule has 8 nitrogen and oxygen atoms in total. The first-order valence-corrected chi connectivity index (χ1v) is 4.51. The van der Waals surface area contributed by atoms with Gasteiger partial charge in [0, 0.05) is 7.05 Å². The number of hydrogen-bond acceptors (Lipinski definition) is 5. The van der Waals surface area contributed by atoms with E-state index in [4.69, 9.17) is 0 Å². The van der Waals surface area contributed by atoms with Crippen LogP contribution in [-0.4, -0.2) is 24.1 Å². The molecule has 0 aliphatic rings. The molecule has 0 radical (unpaired) electrons. The standard InChI is InChI=1S/C8H9N5O3/c1-4-6(13(15)16)7(14)12-8(11(4)3)9-5(2)10-12/h1-3H3. The summed E-state index contributed by atoms with van der Waals surface area (Å²) in [5.74, 6) is 0.693. The molecule has 0 saturated carbocycles. The Morgan fingerprint density at radius 1 is 1.38 bits per heavy atom. The largest absolute Gasteiger partial charge is 0.355 e. The summed E-state index contributed by atoms with van der Waals surface area (Å²) in [6.07, 6.45) is 0.